The lowest BCUT2D eigenvalue weighted by molar-refractivity contribution is 0.276. The van der Waals surface area contributed by atoms with Crippen LogP contribution in [0.4, 0.5) is 10.9 Å². The zero-order valence-electron chi connectivity index (χ0n) is 15.9. The van der Waals surface area contributed by atoms with E-state index in [1.165, 1.54) is 16.9 Å². The summed E-state index contributed by atoms with van der Waals surface area (Å²) in [6.45, 7) is 6.78. The molecule has 0 fully saturated rings. The summed E-state index contributed by atoms with van der Waals surface area (Å²) >= 11 is 2.87. The van der Waals surface area contributed by atoms with Gasteiger partial charge in [0.1, 0.15) is 10.5 Å². The molecule has 5 N–H and O–H groups in total. The van der Waals surface area contributed by atoms with E-state index in [1.807, 2.05) is 18.2 Å². The second-order valence-electron chi connectivity index (χ2n) is 6.53. The summed E-state index contributed by atoms with van der Waals surface area (Å²) in [4.78, 5) is 12.9. The van der Waals surface area contributed by atoms with Crippen molar-refractivity contribution in [1.29, 1.82) is 0 Å². The van der Waals surface area contributed by atoms with Gasteiger partial charge in [-0.25, -0.2) is 15.0 Å². The second-order valence-corrected chi connectivity index (χ2v) is 8.87. The molecule has 3 aromatic rings. The molecule has 0 aliphatic heterocycles. The van der Waals surface area contributed by atoms with Crippen molar-refractivity contribution >= 4 is 44.4 Å². The van der Waals surface area contributed by atoms with Crippen molar-refractivity contribution in [3.63, 3.8) is 0 Å². The Labute approximate surface area is 168 Å². The Morgan fingerprint density at radius 1 is 1.07 bits per heavy atom. The van der Waals surface area contributed by atoms with E-state index in [0.717, 1.165) is 23.5 Å². The maximum absolute atomic E-state index is 8.32. The molecule has 146 valence electrons. The molecule has 8 heteroatoms. The number of anilines is 2. The number of fused-ring (bicyclic) bond motifs is 1. The van der Waals surface area contributed by atoms with Crippen LogP contribution in [0.1, 0.15) is 44.4 Å². The van der Waals surface area contributed by atoms with Crippen LogP contribution in [-0.4, -0.2) is 26.7 Å². The first kappa shape index (κ1) is 21.4. The fourth-order valence-electron chi connectivity index (χ4n) is 2.34. The van der Waals surface area contributed by atoms with Gasteiger partial charge in [-0.2, -0.15) is 0 Å². The first-order valence-electron chi connectivity index (χ1n) is 8.92. The van der Waals surface area contributed by atoms with Crippen LogP contribution < -0.4 is 11.5 Å². The summed E-state index contributed by atoms with van der Waals surface area (Å²) in [7, 11) is 0. The first-order valence-corrected chi connectivity index (χ1v) is 10.6. The van der Waals surface area contributed by atoms with Gasteiger partial charge < -0.3 is 16.6 Å². The number of aliphatic hydroxyl groups is 1. The topological polar surface area (TPSA) is 111 Å². The van der Waals surface area contributed by atoms with Crippen molar-refractivity contribution in [1.82, 2.24) is 15.0 Å². The van der Waals surface area contributed by atoms with Crippen LogP contribution in [0.15, 0.2) is 35.5 Å². The molecule has 27 heavy (non-hydrogen) atoms. The van der Waals surface area contributed by atoms with Crippen LogP contribution in [0.25, 0.3) is 10.3 Å². The smallest absolute Gasteiger partial charge is 0.192 e. The molecule has 1 atom stereocenters. The Hall–Kier alpha value is -1.90. The van der Waals surface area contributed by atoms with E-state index in [2.05, 4.69) is 47.9 Å². The molecule has 0 spiro atoms. The van der Waals surface area contributed by atoms with Crippen LogP contribution in [0, 0.1) is 5.92 Å². The minimum absolute atomic E-state index is 0.240. The van der Waals surface area contributed by atoms with Crippen LogP contribution >= 0.6 is 23.1 Å². The largest absolute Gasteiger partial charge is 0.396 e. The molecule has 0 aliphatic rings. The second kappa shape index (κ2) is 10.4. The molecule has 0 amide bonds. The van der Waals surface area contributed by atoms with E-state index in [4.69, 9.17) is 16.6 Å². The van der Waals surface area contributed by atoms with Gasteiger partial charge in [-0.05, 0) is 31.2 Å². The van der Waals surface area contributed by atoms with E-state index < -0.39 is 0 Å². The lowest BCUT2D eigenvalue weighted by Gasteiger charge is -2.10. The highest BCUT2D eigenvalue weighted by Crippen LogP contribution is 2.35. The van der Waals surface area contributed by atoms with Gasteiger partial charge in [-0.3, -0.25) is 0 Å². The number of nitrogens with zero attached hydrogens (tertiary/aromatic N) is 3. The van der Waals surface area contributed by atoms with E-state index in [-0.39, 0.29) is 5.25 Å². The number of nitrogens with two attached hydrogens (primary N) is 2. The molecule has 1 unspecified atom stereocenters. The molecule has 0 bridgehead atoms. The van der Waals surface area contributed by atoms with Crippen LogP contribution in [0.3, 0.4) is 0 Å². The number of aromatic nitrogens is 3. The maximum atomic E-state index is 8.32. The third-order valence-electron chi connectivity index (χ3n) is 3.77. The minimum Gasteiger partial charge on any atom is -0.396 e. The average molecular weight is 406 g/mol. The molecule has 0 saturated carbocycles. The molecule has 2 aromatic heterocycles. The van der Waals surface area contributed by atoms with Crippen molar-refractivity contribution < 1.29 is 5.11 Å². The molecule has 2 heterocycles. The van der Waals surface area contributed by atoms with Gasteiger partial charge >= 0.3 is 0 Å². The maximum Gasteiger partial charge on any atom is 0.192 e. The molecule has 6 nitrogen and oxygen atoms in total. The predicted octanol–water partition coefficient (Wildman–Crippen LogP) is 4.52. The zero-order valence-corrected chi connectivity index (χ0v) is 17.6. The molecule has 3 rings (SSSR count). The fraction of sp³-hybridized carbons (Fsp3) is 0.421. The number of thiazole rings is 1. The van der Waals surface area contributed by atoms with Crippen molar-refractivity contribution in [3.8, 4) is 0 Å². The number of hydrogen-bond acceptors (Lipinski definition) is 8. The number of benzene rings is 1. The highest BCUT2D eigenvalue weighted by molar-refractivity contribution is 7.99. The van der Waals surface area contributed by atoms with Gasteiger partial charge in [-0.15, -0.1) is 0 Å². The number of nitrogen functional groups attached to an aromatic ring is 2. The molecular formula is C19H27N5OS2. The third kappa shape index (κ3) is 6.64. The summed E-state index contributed by atoms with van der Waals surface area (Å²) in [5, 5.41) is 9.63. The van der Waals surface area contributed by atoms with Gasteiger partial charge in [0.2, 0.25) is 0 Å². The number of rotatable bonds is 6. The summed E-state index contributed by atoms with van der Waals surface area (Å²) in [6, 6.07) is 10.2. The predicted molar refractivity (Wildman–Crippen MR) is 116 cm³/mol. The third-order valence-corrected chi connectivity index (χ3v) is 5.68. The Morgan fingerprint density at radius 3 is 2.37 bits per heavy atom. The van der Waals surface area contributed by atoms with Gasteiger partial charge in [-0.1, -0.05) is 67.3 Å². The monoisotopic (exact) mass is 405 g/mol. The average Bonchev–Trinajstić information content (AvgIpc) is 3.02. The zero-order chi connectivity index (χ0) is 19.8. The SMILES string of the molecule is CC(C)CCCO.CC(Sc1nc(N)c2sc(N)nc2n1)c1ccccc1. The Bertz CT molecular complexity index is 839. The van der Waals surface area contributed by atoms with Gasteiger partial charge in [0.25, 0.3) is 0 Å². The van der Waals surface area contributed by atoms with Gasteiger partial charge in [0.15, 0.2) is 15.9 Å². The Kier molecular flexibility index (Phi) is 8.27. The van der Waals surface area contributed by atoms with E-state index in [9.17, 15) is 0 Å². The molecule has 0 saturated heterocycles. The highest BCUT2D eigenvalue weighted by Gasteiger charge is 2.14. The van der Waals surface area contributed by atoms with Crippen molar-refractivity contribution in [2.45, 2.75) is 44.0 Å². The molecule has 1 aromatic carbocycles. The molecular weight excluding hydrogens is 378 g/mol. The van der Waals surface area contributed by atoms with Crippen molar-refractivity contribution in [2.75, 3.05) is 18.1 Å². The molecule has 0 radical (unpaired) electrons. The number of aliphatic hydroxyl groups excluding tert-OH is 1. The molecule has 0 aliphatic carbocycles. The summed E-state index contributed by atoms with van der Waals surface area (Å²) in [5.74, 6) is 1.18. The normalized spacial score (nSPS) is 12.0. The van der Waals surface area contributed by atoms with Crippen LogP contribution in [0.5, 0.6) is 0 Å². The lowest BCUT2D eigenvalue weighted by atomic mass is 10.1. The summed E-state index contributed by atoms with van der Waals surface area (Å²) in [5.41, 5.74) is 13.4. The highest BCUT2D eigenvalue weighted by atomic mass is 32.2. The van der Waals surface area contributed by atoms with E-state index >= 15 is 0 Å². The van der Waals surface area contributed by atoms with E-state index in [1.54, 1.807) is 11.8 Å². The van der Waals surface area contributed by atoms with Crippen LogP contribution in [-0.2, 0) is 0 Å². The standard InChI is InChI=1S/C13H13N5S2.C6H14O/c1-7(8-5-3-2-4-6-8)19-13-16-10(14)9-11(18-13)17-12(15)20-9;1-6(2)4-3-5-7/h2-7H,1H3,(H4,14,15,16,17,18);6-7H,3-5H2,1-2H3. The quantitative estimate of drug-likeness (QED) is 0.408. The van der Waals surface area contributed by atoms with Gasteiger partial charge in [0.05, 0.1) is 0 Å². The Balaban J connectivity index is 0.000000321. The van der Waals surface area contributed by atoms with Crippen molar-refractivity contribution in [2.24, 2.45) is 5.92 Å². The number of thioether (sulfide) groups is 1. The van der Waals surface area contributed by atoms with E-state index in [0.29, 0.717) is 28.4 Å². The Morgan fingerprint density at radius 2 is 1.78 bits per heavy atom. The fourth-order valence-corrected chi connectivity index (χ4v) is 3.92. The van der Waals surface area contributed by atoms with Crippen molar-refractivity contribution in [3.05, 3.63) is 35.9 Å². The minimum atomic E-state index is 0.240. The summed E-state index contributed by atoms with van der Waals surface area (Å²) in [6.07, 6.45) is 2.11. The van der Waals surface area contributed by atoms with Crippen LogP contribution in [0.2, 0.25) is 0 Å². The van der Waals surface area contributed by atoms with Gasteiger partial charge in [0, 0.05) is 11.9 Å². The lowest BCUT2D eigenvalue weighted by Crippen LogP contribution is -1.97. The first-order chi connectivity index (χ1) is 12.9. The number of hydrogen-bond donors (Lipinski definition) is 3. The summed E-state index contributed by atoms with van der Waals surface area (Å²) < 4.78 is 0.749.